The average molecular weight is 248 g/mol. The van der Waals surface area contributed by atoms with Gasteiger partial charge in [0.25, 0.3) is 0 Å². The lowest BCUT2D eigenvalue weighted by Crippen LogP contribution is -2.13. The van der Waals surface area contributed by atoms with Crippen LogP contribution >= 0.6 is 0 Å². The minimum absolute atomic E-state index is 0.0566. The molecule has 0 amide bonds. The smallest absolute Gasteiger partial charge is 0.391 e. The summed E-state index contributed by atoms with van der Waals surface area (Å²) in [5.41, 5.74) is 0.0566. The van der Waals surface area contributed by atoms with Crippen molar-refractivity contribution < 1.29 is 27.8 Å². The van der Waals surface area contributed by atoms with Crippen molar-refractivity contribution in [2.75, 3.05) is 0 Å². The van der Waals surface area contributed by atoms with Gasteiger partial charge in [0, 0.05) is 6.92 Å². The van der Waals surface area contributed by atoms with E-state index in [1.165, 1.54) is 31.2 Å². The van der Waals surface area contributed by atoms with E-state index in [2.05, 4.69) is 0 Å². The number of ether oxygens (including phenoxy) is 1. The third-order valence-electron chi connectivity index (χ3n) is 1.93. The van der Waals surface area contributed by atoms with E-state index in [9.17, 15) is 23.1 Å². The van der Waals surface area contributed by atoms with Crippen molar-refractivity contribution >= 4 is 5.97 Å². The second kappa shape index (κ2) is 5.18. The molecule has 0 saturated carbocycles. The zero-order valence-corrected chi connectivity index (χ0v) is 8.99. The first-order valence-electron chi connectivity index (χ1n) is 4.81. The van der Waals surface area contributed by atoms with Gasteiger partial charge in [-0.15, -0.1) is 0 Å². The van der Waals surface area contributed by atoms with Gasteiger partial charge in [-0.3, -0.25) is 4.79 Å². The molecule has 1 aromatic rings. The summed E-state index contributed by atoms with van der Waals surface area (Å²) in [5, 5.41) is 9.35. The molecule has 1 atom stereocenters. The molecule has 0 fully saturated rings. The van der Waals surface area contributed by atoms with Gasteiger partial charge in [-0.05, 0) is 17.7 Å². The Hall–Kier alpha value is -1.56. The number of aliphatic hydroxyl groups excluding tert-OH is 1. The minimum Gasteiger partial charge on any atom is -0.427 e. The monoisotopic (exact) mass is 248 g/mol. The largest absolute Gasteiger partial charge is 0.427 e. The quantitative estimate of drug-likeness (QED) is 0.660. The number of carbonyl (C=O) groups excluding carboxylic acids is 1. The third-order valence-corrected chi connectivity index (χ3v) is 1.93. The van der Waals surface area contributed by atoms with E-state index in [0.717, 1.165) is 0 Å². The highest BCUT2D eigenvalue weighted by Crippen LogP contribution is 2.30. The molecule has 17 heavy (non-hydrogen) atoms. The van der Waals surface area contributed by atoms with Gasteiger partial charge in [-0.1, -0.05) is 12.1 Å². The first-order valence-corrected chi connectivity index (χ1v) is 4.81. The lowest BCUT2D eigenvalue weighted by atomic mass is 10.1. The fourth-order valence-corrected chi connectivity index (χ4v) is 1.29. The van der Waals surface area contributed by atoms with Crippen LogP contribution in [0.2, 0.25) is 0 Å². The van der Waals surface area contributed by atoms with Crippen molar-refractivity contribution in [3.63, 3.8) is 0 Å². The summed E-state index contributed by atoms with van der Waals surface area (Å²) in [6.07, 6.45) is -7.45. The lowest BCUT2D eigenvalue weighted by molar-refractivity contribution is -0.154. The first-order chi connectivity index (χ1) is 7.78. The van der Waals surface area contributed by atoms with E-state index in [1.807, 2.05) is 0 Å². The van der Waals surface area contributed by atoms with Crippen LogP contribution in [0.1, 0.15) is 25.0 Å². The lowest BCUT2D eigenvalue weighted by Gasteiger charge is -2.14. The molecular weight excluding hydrogens is 237 g/mol. The number of rotatable bonds is 3. The van der Waals surface area contributed by atoms with Gasteiger partial charge in [-0.25, -0.2) is 0 Å². The van der Waals surface area contributed by atoms with Crippen molar-refractivity contribution in [1.82, 2.24) is 0 Å². The Kier molecular flexibility index (Phi) is 4.11. The zero-order valence-electron chi connectivity index (χ0n) is 8.99. The number of hydrogen-bond acceptors (Lipinski definition) is 3. The van der Waals surface area contributed by atoms with Crippen LogP contribution in [-0.4, -0.2) is 17.3 Å². The van der Waals surface area contributed by atoms with E-state index in [4.69, 9.17) is 4.74 Å². The Morgan fingerprint density at radius 2 is 2.12 bits per heavy atom. The SMILES string of the molecule is CC(=O)Oc1cccc(C(O)CC(F)(F)F)c1. The molecule has 0 aliphatic heterocycles. The molecule has 0 aromatic heterocycles. The summed E-state index contributed by atoms with van der Waals surface area (Å²) in [5.74, 6) is -0.469. The van der Waals surface area contributed by atoms with E-state index >= 15 is 0 Å². The second-order valence-corrected chi connectivity index (χ2v) is 3.50. The molecule has 0 aliphatic carbocycles. The van der Waals surface area contributed by atoms with Gasteiger partial charge >= 0.3 is 12.1 Å². The molecule has 6 heteroatoms. The molecule has 0 heterocycles. The van der Waals surface area contributed by atoms with Gasteiger partial charge in [0.2, 0.25) is 0 Å². The number of benzene rings is 1. The maximum atomic E-state index is 12.1. The van der Waals surface area contributed by atoms with E-state index < -0.39 is 24.7 Å². The highest BCUT2D eigenvalue weighted by Gasteiger charge is 2.31. The van der Waals surface area contributed by atoms with Gasteiger partial charge < -0.3 is 9.84 Å². The average Bonchev–Trinajstić information content (AvgIpc) is 2.14. The normalized spacial score (nSPS) is 13.2. The van der Waals surface area contributed by atoms with Crippen molar-refractivity contribution in [1.29, 1.82) is 0 Å². The number of carbonyl (C=O) groups is 1. The highest BCUT2D eigenvalue weighted by atomic mass is 19.4. The van der Waals surface area contributed by atoms with Crippen LogP contribution in [0.3, 0.4) is 0 Å². The molecule has 1 N–H and O–H groups in total. The summed E-state index contributed by atoms with van der Waals surface area (Å²) < 4.78 is 40.9. The van der Waals surface area contributed by atoms with Crippen LogP contribution in [-0.2, 0) is 4.79 Å². The summed E-state index contributed by atoms with van der Waals surface area (Å²) >= 11 is 0. The molecular formula is C11H11F3O3. The number of aliphatic hydroxyl groups is 1. The number of halogens is 3. The second-order valence-electron chi connectivity index (χ2n) is 3.50. The molecule has 0 spiro atoms. The highest BCUT2D eigenvalue weighted by molar-refractivity contribution is 5.69. The Labute approximate surface area is 95.8 Å². The van der Waals surface area contributed by atoms with E-state index in [-0.39, 0.29) is 11.3 Å². The first kappa shape index (κ1) is 13.5. The molecule has 0 saturated heterocycles. The Morgan fingerprint density at radius 1 is 1.47 bits per heavy atom. The van der Waals surface area contributed by atoms with Crippen molar-refractivity contribution in [3.05, 3.63) is 29.8 Å². The summed E-state index contributed by atoms with van der Waals surface area (Å²) in [7, 11) is 0. The standard InChI is InChI=1S/C11H11F3O3/c1-7(15)17-9-4-2-3-8(5-9)10(16)6-11(12,13)14/h2-5,10,16H,6H2,1H3. The molecule has 0 bridgehead atoms. The molecule has 0 radical (unpaired) electrons. The maximum absolute atomic E-state index is 12.1. The molecule has 1 unspecified atom stereocenters. The summed E-state index contributed by atoms with van der Waals surface area (Å²) in [6, 6.07) is 5.37. The van der Waals surface area contributed by atoms with Crippen molar-refractivity contribution in [2.24, 2.45) is 0 Å². The van der Waals surface area contributed by atoms with Crippen molar-refractivity contribution in [2.45, 2.75) is 25.6 Å². The zero-order chi connectivity index (χ0) is 13.1. The summed E-state index contributed by atoms with van der Waals surface area (Å²) in [4.78, 5) is 10.7. The molecule has 1 rings (SSSR count). The number of esters is 1. The number of hydrogen-bond donors (Lipinski definition) is 1. The Bertz CT molecular complexity index is 401. The topological polar surface area (TPSA) is 46.5 Å². The van der Waals surface area contributed by atoms with Gasteiger partial charge in [-0.2, -0.15) is 13.2 Å². The predicted molar refractivity (Wildman–Crippen MR) is 53.4 cm³/mol. The van der Waals surface area contributed by atoms with Crippen LogP contribution in [0.25, 0.3) is 0 Å². The molecule has 0 aliphatic rings. The van der Waals surface area contributed by atoms with Crippen LogP contribution < -0.4 is 4.74 Å². The van der Waals surface area contributed by atoms with Crippen molar-refractivity contribution in [3.8, 4) is 5.75 Å². The molecule has 3 nitrogen and oxygen atoms in total. The third kappa shape index (κ3) is 4.86. The van der Waals surface area contributed by atoms with Gasteiger partial charge in [0.05, 0.1) is 12.5 Å². The van der Waals surface area contributed by atoms with E-state index in [0.29, 0.717) is 0 Å². The molecule has 94 valence electrons. The predicted octanol–water partition coefficient (Wildman–Crippen LogP) is 2.60. The fraction of sp³-hybridized carbons (Fsp3) is 0.364. The maximum Gasteiger partial charge on any atom is 0.391 e. The summed E-state index contributed by atoms with van der Waals surface area (Å²) in [6.45, 7) is 1.18. The van der Waals surface area contributed by atoms with Gasteiger partial charge in [0.15, 0.2) is 0 Å². The minimum atomic E-state index is -4.45. The number of alkyl halides is 3. The van der Waals surface area contributed by atoms with Crippen LogP contribution in [0.5, 0.6) is 5.75 Å². The van der Waals surface area contributed by atoms with Crippen LogP contribution in [0.15, 0.2) is 24.3 Å². The fourth-order valence-electron chi connectivity index (χ4n) is 1.29. The Balaban J connectivity index is 2.80. The van der Waals surface area contributed by atoms with Crippen LogP contribution in [0.4, 0.5) is 13.2 Å². The van der Waals surface area contributed by atoms with E-state index in [1.54, 1.807) is 0 Å². The Morgan fingerprint density at radius 3 is 2.65 bits per heavy atom. The molecule has 1 aromatic carbocycles. The van der Waals surface area contributed by atoms with Crippen LogP contribution in [0, 0.1) is 0 Å². The van der Waals surface area contributed by atoms with Gasteiger partial charge in [0.1, 0.15) is 5.75 Å².